The van der Waals surface area contributed by atoms with Crippen LogP contribution >= 0.6 is 15.9 Å². The van der Waals surface area contributed by atoms with Crippen LogP contribution in [0.3, 0.4) is 0 Å². The molecule has 1 aliphatic heterocycles. The molecule has 122 valence electrons. The molecule has 1 unspecified atom stereocenters. The number of amides is 1. The summed E-state index contributed by atoms with van der Waals surface area (Å²) in [7, 11) is 0. The van der Waals surface area contributed by atoms with Gasteiger partial charge >= 0.3 is 0 Å². The zero-order chi connectivity index (χ0) is 16.3. The van der Waals surface area contributed by atoms with Crippen molar-refractivity contribution in [2.24, 2.45) is 0 Å². The van der Waals surface area contributed by atoms with Gasteiger partial charge in [0.05, 0.1) is 4.47 Å². The lowest BCUT2D eigenvalue weighted by Crippen LogP contribution is -2.53. The van der Waals surface area contributed by atoms with Crippen molar-refractivity contribution in [3.05, 3.63) is 28.5 Å². The maximum Gasteiger partial charge on any atom is 0.263 e. The lowest BCUT2D eigenvalue weighted by atomic mass is 10.2. The van der Waals surface area contributed by atoms with Crippen LogP contribution < -0.4 is 4.74 Å². The molecule has 0 saturated carbocycles. The van der Waals surface area contributed by atoms with E-state index in [9.17, 15) is 9.18 Å². The van der Waals surface area contributed by atoms with Crippen molar-refractivity contribution in [1.82, 2.24) is 9.80 Å². The summed E-state index contributed by atoms with van der Waals surface area (Å²) in [5, 5.41) is 0. The van der Waals surface area contributed by atoms with Gasteiger partial charge in [0.2, 0.25) is 0 Å². The van der Waals surface area contributed by atoms with Gasteiger partial charge in [0, 0.05) is 32.2 Å². The Morgan fingerprint density at radius 3 is 2.41 bits per heavy atom. The largest absolute Gasteiger partial charge is 0.480 e. The van der Waals surface area contributed by atoms with E-state index in [0.717, 1.165) is 26.2 Å². The highest BCUT2D eigenvalue weighted by molar-refractivity contribution is 9.10. The van der Waals surface area contributed by atoms with E-state index in [0.29, 0.717) is 16.3 Å². The lowest BCUT2D eigenvalue weighted by Gasteiger charge is -2.37. The molecule has 1 atom stereocenters. The first-order valence-electron chi connectivity index (χ1n) is 7.53. The van der Waals surface area contributed by atoms with Crippen LogP contribution in [-0.2, 0) is 4.79 Å². The third kappa shape index (κ3) is 4.20. The molecule has 1 amide bonds. The van der Waals surface area contributed by atoms with E-state index in [4.69, 9.17) is 4.74 Å². The third-order valence-electron chi connectivity index (χ3n) is 3.90. The molecule has 0 bridgehead atoms. The van der Waals surface area contributed by atoms with E-state index in [1.165, 1.54) is 18.2 Å². The number of nitrogens with zero attached hydrogens (tertiary/aromatic N) is 2. The number of carbonyl (C=O) groups is 1. The van der Waals surface area contributed by atoms with Gasteiger partial charge in [0.1, 0.15) is 11.6 Å². The van der Waals surface area contributed by atoms with Crippen LogP contribution in [0.2, 0.25) is 0 Å². The highest BCUT2D eigenvalue weighted by Gasteiger charge is 2.27. The molecule has 1 heterocycles. The van der Waals surface area contributed by atoms with Crippen molar-refractivity contribution in [1.29, 1.82) is 0 Å². The van der Waals surface area contributed by atoms with Crippen molar-refractivity contribution in [3.8, 4) is 5.75 Å². The molecule has 1 aliphatic rings. The summed E-state index contributed by atoms with van der Waals surface area (Å²) >= 11 is 3.25. The number of hydrogen-bond acceptors (Lipinski definition) is 3. The quantitative estimate of drug-likeness (QED) is 0.814. The predicted molar refractivity (Wildman–Crippen MR) is 87.5 cm³/mol. The monoisotopic (exact) mass is 372 g/mol. The van der Waals surface area contributed by atoms with E-state index in [1.807, 2.05) is 4.90 Å². The predicted octanol–water partition coefficient (Wildman–Crippen LogP) is 2.91. The molecule has 2 rings (SSSR count). The summed E-state index contributed by atoms with van der Waals surface area (Å²) in [4.78, 5) is 16.6. The standard InChI is InChI=1S/C16H22BrFN2O2/c1-11(2)19-6-8-20(9-7-19)16(21)12(3)22-15-5-4-13(18)10-14(15)17/h4-5,10-12H,6-9H2,1-3H3. The number of ether oxygens (including phenoxy) is 1. The zero-order valence-electron chi connectivity index (χ0n) is 13.2. The Kier molecular flexibility index (Phi) is 5.81. The van der Waals surface area contributed by atoms with Crippen LogP contribution in [0.5, 0.6) is 5.75 Å². The topological polar surface area (TPSA) is 32.8 Å². The average Bonchev–Trinajstić information content (AvgIpc) is 2.49. The number of hydrogen-bond donors (Lipinski definition) is 0. The molecule has 1 saturated heterocycles. The van der Waals surface area contributed by atoms with Gasteiger partial charge in [-0.3, -0.25) is 9.69 Å². The second kappa shape index (κ2) is 7.42. The number of piperazine rings is 1. The Morgan fingerprint density at radius 2 is 1.86 bits per heavy atom. The fourth-order valence-electron chi connectivity index (χ4n) is 2.53. The fourth-order valence-corrected chi connectivity index (χ4v) is 2.97. The SMILES string of the molecule is CC(Oc1ccc(F)cc1Br)C(=O)N1CCN(C(C)C)CC1. The minimum atomic E-state index is -0.590. The minimum Gasteiger partial charge on any atom is -0.480 e. The van der Waals surface area contributed by atoms with Crippen molar-refractivity contribution in [2.75, 3.05) is 26.2 Å². The molecule has 22 heavy (non-hydrogen) atoms. The van der Waals surface area contributed by atoms with Crippen molar-refractivity contribution < 1.29 is 13.9 Å². The molecule has 0 aliphatic carbocycles. The van der Waals surface area contributed by atoms with Gasteiger partial charge in [0.15, 0.2) is 6.10 Å². The first-order chi connectivity index (χ1) is 10.4. The molecule has 1 aromatic carbocycles. The zero-order valence-corrected chi connectivity index (χ0v) is 14.8. The Balaban J connectivity index is 1.92. The van der Waals surface area contributed by atoms with E-state index < -0.39 is 6.10 Å². The average molecular weight is 373 g/mol. The maximum atomic E-state index is 13.1. The highest BCUT2D eigenvalue weighted by Crippen LogP contribution is 2.26. The summed E-state index contributed by atoms with van der Waals surface area (Å²) in [5.74, 6) is 0.103. The van der Waals surface area contributed by atoms with E-state index in [1.54, 1.807) is 6.92 Å². The summed E-state index contributed by atoms with van der Waals surface area (Å²) in [6, 6.07) is 4.67. The molecule has 6 heteroatoms. The molecule has 0 aromatic heterocycles. The Hall–Kier alpha value is -1.14. The van der Waals surface area contributed by atoms with Crippen molar-refractivity contribution >= 4 is 21.8 Å². The minimum absolute atomic E-state index is 0.0281. The second-order valence-corrected chi connectivity index (χ2v) is 6.64. The van der Waals surface area contributed by atoms with Gasteiger partial charge in [-0.1, -0.05) is 0 Å². The van der Waals surface area contributed by atoms with Gasteiger partial charge in [0.25, 0.3) is 5.91 Å². The van der Waals surface area contributed by atoms with Gasteiger partial charge in [-0.25, -0.2) is 4.39 Å². The number of benzene rings is 1. The lowest BCUT2D eigenvalue weighted by molar-refractivity contribution is -0.140. The first-order valence-corrected chi connectivity index (χ1v) is 8.32. The first kappa shape index (κ1) is 17.2. The van der Waals surface area contributed by atoms with Crippen LogP contribution in [0.25, 0.3) is 0 Å². The van der Waals surface area contributed by atoms with E-state index >= 15 is 0 Å². The summed E-state index contributed by atoms with van der Waals surface area (Å²) < 4.78 is 19.3. The van der Waals surface area contributed by atoms with Crippen molar-refractivity contribution in [3.63, 3.8) is 0 Å². The molecule has 0 radical (unpaired) electrons. The fraction of sp³-hybridized carbons (Fsp3) is 0.562. The summed E-state index contributed by atoms with van der Waals surface area (Å²) in [6.07, 6.45) is -0.590. The van der Waals surface area contributed by atoms with Crippen LogP contribution in [0, 0.1) is 5.82 Å². The normalized spacial score (nSPS) is 17.6. The van der Waals surface area contributed by atoms with Gasteiger partial charge in [-0.2, -0.15) is 0 Å². The summed E-state index contributed by atoms with van der Waals surface area (Å²) in [6.45, 7) is 9.26. The molecule has 1 aromatic rings. The smallest absolute Gasteiger partial charge is 0.263 e. The number of rotatable bonds is 4. The van der Waals surface area contributed by atoms with Crippen LogP contribution in [0.15, 0.2) is 22.7 Å². The van der Waals surface area contributed by atoms with E-state index in [2.05, 4.69) is 34.7 Å². The number of halogens is 2. The number of carbonyl (C=O) groups excluding carboxylic acids is 1. The van der Waals surface area contributed by atoms with E-state index in [-0.39, 0.29) is 11.7 Å². The maximum absolute atomic E-state index is 13.1. The third-order valence-corrected chi connectivity index (χ3v) is 4.52. The highest BCUT2D eigenvalue weighted by atomic mass is 79.9. The molecule has 1 fully saturated rings. The van der Waals surface area contributed by atoms with Crippen molar-refractivity contribution in [2.45, 2.75) is 32.9 Å². The van der Waals surface area contributed by atoms with Gasteiger partial charge in [-0.05, 0) is 54.9 Å². The van der Waals surface area contributed by atoms with Crippen LogP contribution in [0.4, 0.5) is 4.39 Å². The van der Waals surface area contributed by atoms with Crippen LogP contribution in [-0.4, -0.2) is 54.0 Å². The molecular formula is C16H22BrFN2O2. The van der Waals surface area contributed by atoms with Gasteiger partial charge in [-0.15, -0.1) is 0 Å². The Bertz CT molecular complexity index is 531. The Labute approximate surface area is 139 Å². The molecule has 0 N–H and O–H groups in total. The van der Waals surface area contributed by atoms with Gasteiger partial charge < -0.3 is 9.64 Å². The molecular weight excluding hydrogens is 351 g/mol. The molecule has 4 nitrogen and oxygen atoms in total. The Morgan fingerprint density at radius 1 is 1.23 bits per heavy atom. The summed E-state index contributed by atoms with van der Waals surface area (Å²) in [5.41, 5.74) is 0. The second-order valence-electron chi connectivity index (χ2n) is 5.79. The molecule has 0 spiro atoms. The van der Waals surface area contributed by atoms with Crippen LogP contribution in [0.1, 0.15) is 20.8 Å².